The molecule has 0 amide bonds. The molecule has 0 spiro atoms. The van der Waals surface area contributed by atoms with E-state index in [2.05, 4.69) is 4.98 Å². The molecule has 0 unspecified atom stereocenters. The minimum Gasteiger partial charge on any atom is -0.397 e. The Morgan fingerprint density at radius 2 is 1.87 bits per heavy atom. The van der Waals surface area contributed by atoms with Crippen molar-refractivity contribution >= 4 is 28.3 Å². The first kappa shape index (κ1) is 12.4. The van der Waals surface area contributed by atoms with Crippen molar-refractivity contribution in [2.75, 3.05) is 5.73 Å². The highest BCUT2D eigenvalue weighted by molar-refractivity contribution is 14.1. The maximum Gasteiger partial charge on any atom is 0.435 e. The minimum atomic E-state index is -4.82. The van der Waals surface area contributed by atoms with Crippen LogP contribution in [0.3, 0.4) is 0 Å². The molecule has 1 aromatic rings. The van der Waals surface area contributed by atoms with Crippen molar-refractivity contribution in [3.63, 3.8) is 0 Å². The van der Waals surface area contributed by atoms with Gasteiger partial charge in [0.15, 0.2) is 5.69 Å². The zero-order valence-electron chi connectivity index (χ0n) is 6.95. The quantitative estimate of drug-likeness (QED) is 0.485. The van der Waals surface area contributed by atoms with Gasteiger partial charge in [-0.3, -0.25) is 0 Å². The number of aromatic nitrogens is 1. The Morgan fingerprint density at radius 3 is 2.27 bits per heavy atom. The number of alkyl halides is 5. The molecule has 1 heterocycles. The maximum atomic E-state index is 12.3. The Balaban J connectivity index is 3.42. The van der Waals surface area contributed by atoms with Crippen LogP contribution in [0.15, 0.2) is 6.07 Å². The van der Waals surface area contributed by atoms with Gasteiger partial charge in [-0.25, -0.2) is 13.8 Å². The molecule has 1 rings (SSSR count). The molecule has 0 radical (unpaired) electrons. The van der Waals surface area contributed by atoms with Gasteiger partial charge in [0.2, 0.25) is 0 Å². The lowest BCUT2D eigenvalue weighted by Gasteiger charge is -2.12. The molecule has 0 aliphatic rings. The van der Waals surface area contributed by atoms with E-state index in [-0.39, 0.29) is 3.70 Å². The Bertz CT molecular complexity index is 376. The zero-order chi connectivity index (χ0) is 11.8. The van der Waals surface area contributed by atoms with Gasteiger partial charge in [-0.05, 0) is 28.7 Å². The van der Waals surface area contributed by atoms with E-state index >= 15 is 0 Å². The Kier molecular flexibility index (Phi) is 3.36. The van der Waals surface area contributed by atoms with E-state index < -0.39 is 29.5 Å². The van der Waals surface area contributed by atoms with Crippen LogP contribution in [0.2, 0.25) is 0 Å². The number of nitrogens with two attached hydrogens (primary N) is 1. The fourth-order valence-electron chi connectivity index (χ4n) is 0.939. The van der Waals surface area contributed by atoms with E-state index in [4.69, 9.17) is 5.73 Å². The van der Waals surface area contributed by atoms with E-state index in [1.54, 1.807) is 0 Å². The molecular weight excluding hydrogens is 334 g/mol. The number of rotatable bonds is 1. The summed E-state index contributed by atoms with van der Waals surface area (Å²) >= 11 is 1.42. The number of hydrogen-bond acceptors (Lipinski definition) is 2. The van der Waals surface area contributed by atoms with Crippen LogP contribution >= 0.6 is 22.6 Å². The van der Waals surface area contributed by atoms with Gasteiger partial charge in [0.05, 0.1) is 5.69 Å². The van der Waals surface area contributed by atoms with Gasteiger partial charge in [0.25, 0.3) is 6.43 Å². The van der Waals surface area contributed by atoms with Crippen LogP contribution in [0.4, 0.5) is 27.6 Å². The van der Waals surface area contributed by atoms with Crippen LogP contribution in [0.25, 0.3) is 0 Å². The van der Waals surface area contributed by atoms with Crippen molar-refractivity contribution in [1.29, 1.82) is 0 Å². The first-order valence-corrected chi connectivity index (χ1v) is 4.62. The van der Waals surface area contributed by atoms with Gasteiger partial charge in [0, 0.05) is 5.56 Å². The standard InChI is InChI=1S/C7H4F5IN2/c8-6(9)2-1-3(13)15-5(4(2)14)7(10,11)12/h1,6H,14H2. The minimum absolute atomic E-state index is 0.176. The summed E-state index contributed by atoms with van der Waals surface area (Å²) in [5.74, 6) is 0. The van der Waals surface area contributed by atoms with Gasteiger partial charge in [-0.15, -0.1) is 0 Å². The van der Waals surface area contributed by atoms with Gasteiger partial charge < -0.3 is 5.73 Å². The van der Waals surface area contributed by atoms with E-state index in [0.29, 0.717) is 0 Å². The lowest BCUT2D eigenvalue weighted by Crippen LogP contribution is -2.14. The Morgan fingerprint density at radius 1 is 1.33 bits per heavy atom. The second-order valence-electron chi connectivity index (χ2n) is 2.59. The van der Waals surface area contributed by atoms with E-state index in [1.807, 2.05) is 0 Å². The molecule has 0 aliphatic carbocycles. The highest BCUT2D eigenvalue weighted by atomic mass is 127. The summed E-state index contributed by atoms with van der Waals surface area (Å²) in [6, 6.07) is 0.829. The molecule has 0 saturated carbocycles. The number of anilines is 1. The smallest absolute Gasteiger partial charge is 0.397 e. The maximum absolute atomic E-state index is 12.3. The Hall–Kier alpha value is -0.670. The summed E-state index contributed by atoms with van der Waals surface area (Å²) in [6.45, 7) is 0. The largest absolute Gasteiger partial charge is 0.435 e. The van der Waals surface area contributed by atoms with Crippen molar-refractivity contribution in [1.82, 2.24) is 4.98 Å². The highest BCUT2D eigenvalue weighted by Crippen LogP contribution is 2.37. The van der Waals surface area contributed by atoms with Crippen molar-refractivity contribution in [2.45, 2.75) is 12.6 Å². The van der Waals surface area contributed by atoms with Gasteiger partial charge in [-0.2, -0.15) is 13.2 Å². The molecule has 0 aromatic carbocycles. The summed E-state index contributed by atoms with van der Waals surface area (Å²) in [4.78, 5) is 3.09. The number of halogens is 6. The molecule has 0 saturated heterocycles. The molecule has 0 bridgehead atoms. The molecule has 0 atom stereocenters. The first-order chi connectivity index (χ1) is 6.73. The summed E-state index contributed by atoms with van der Waals surface area (Å²) in [7, 11) is 0. The van der Waals surface area contributed by atoms with E-state index in [1.165, 1.54) is 22.6 Å². The third-order valence-electron chi connectivity index (χ3n) is 1.56. The van der Waals surface area contributed by atoms with Gasteiger partial charge >= 0.3 is 6.18 Å². The zero-order valence-corrected chi connectivity index (χ0v) is 9.10. The SMILES string of the molecule is Nc1c(C(F)F)cc(I)nc1C(F)(F)F. The van der Waals surface area contributed by atoms with Gasteiger partial charge in [-0.1, -0.05) is 0 Å². The second kappa shape index (κ2) is 4.06. The molecule has 8 heteroatoms. The predicted octanol–water partition coefficient (Wildman–Crippen LogP) is 3.22. The summed E-state index contributed by atoms with van der Waals surface area (Å²) in [5.41, 5.74) is 1.64. The fraction of sp³-hybridized carbons (Fsp3) is 0.286. The third-order valence-corrected chi connectivity index (χ3v) is 2.12. The molecule has 1 aromatic heterocycles. The summed E-state index contributed by atoms with van der Waals surface area (Å²) < 4.78 is 61.3. The van der Waals surface area contributed by atoms with Crippen molar-refractivity contribution in [3.05, 3.63) is 21.0 Å². The van der Waals surface area contributed by atoms with Crippen molar-refractivity contribution in [3.8, 4) is 0 Å². The fourth-order valence-corrected chi connectivity index (χ4v) is 1.52. The first-order valence-electron chi connectivity index (χ1n) is 3.54. The molecule has 0 fully saturated rings. The molecule has 15 heavy (non-hydrogen) atoms. The third kappa shape index (κ3) is 2.67. The van der Waals surface area contributed by atoms with Crippen LogP contribution in [-0.4, -0.2) is 4.98 Å². The van der Waals surface area contributed by atoms with E-state index in [0.717, 1.165) is 6.07 Å². The lowest BCUT2D eigenvalue weighted by atomic mass is 10.2. The number of nitrogen functional groups attached to an aromatic ring is 1. The van der Waals surface area contributed by atoms with Crippen LogP contribution in [-0.2, 0) is 6.18 Å². The average molecular weight is 338 g/mol. The topological polar surface area (TPSA) is 38.9 Å². The lowest BCUT2D eigenvalue weighted by molar-refractivity contribution is -0.140. The molecule has 0 aliphatic heterocycles. The molecule has 2 nitrogen and oxygen atoms in total. The van der Waals surface area contributed by atoms with Crippen LogP contribution in [0.1, 0.15) is 17.7 Å². The number of pyridine rings is 1. The average Bonchev–Trinajstić information content (AvgIpc) is 2.06. The normalized spacial score (nSPS) is 12.2. The highest BCUT2D eigenvalue weighted by Gasteiger charge is 2.37. The van der Waals surface area contributed by atoms with Crippen molar-refractivity contribution in [2.24, 2.45) is 0 Å². The summed E-state index contributed by atoms with van der Waals surface area (Å²) in [6.07, 6.45) is -7.88. The Labute approximate surface area is 94.8 Å². The monoisotopic (exact) mass is 338 g/mol. The summed E-state index contributed by atoms with van der Waals surface area (Å²) in [5, 5.41) is 0. The second-order valence-corrected chi connectivity index (χ2v) is 3.70. The van der Waals surface area contributed by atoms with Crippen LogP contribution in [0.5, 0.6) is 0 Å². The molecule has 2 N–H and O–H groups in total. The van der Waals surface area contributed by atoms with Gasteiger partial charge in [0.1, 0.15) is 3.70 Å². The molecular formula is C7H4F5IN2. The van der Waals surface area contributed by atoms with E-state index in [9.17, 15) is 22.0 Å². The predicted molar refractivity (Wildman–Crippen MR) is 51.3 cm³/mol. The van der Waals surface area contributed by atoms with Crippen LogP contribution in [0, 0.1) is 3.70 Å². The molecule has 84 valence electrons. The number of hydrogen-bond donors (Lipinski definition) is 1. The number of nitrogens with zero attached hydrogens (tertiary/aromatic N) is 1. The van der Waals surface area contributed by atoms with Crippen LogP contribution < -0.4 is 5.73 Å². The van der Waals surface area contributed by atoms with Crippen molar-refractivity contribution < 1.29 is 22.0 Å².